The fourth-order valence-electron chi connectivity index (χ4n) is 0. The zero-order valence-corrected chi connectivity index (χ0v) is 7.72. The summed E-state index contributed by atoms with van der Waals surface area (Å²) in [4.78, 5) is 0. The van der Waals surface area contributed by atoms with Crippen LogP contribution in [-0.4, -0.2) is 14.3 Å². The molecule has 0 heterocycles. The van der Waals surface area contributed by atoms with Crippen molar-refractivity contribution in [1.82, 2.24) is 0 Å². The topological polar surface area (TPSA) is 0 Å². The summed E-state index contributed by atoms with van der Waals surface area (Å²) in [6.45, 7) is 0. The maximum atomic E-state index is 2.33. The van der Waals surface area contributed by atoms with E-state index in [1.54, 1.807) is 0 Å². The second kappa shape index (κ2) is 5.02. The van der Waals surface area contributed by atoms with E-state index in [0.717, 1.165) is 0 Å². The fourth-order valence-corrected chi connectivity index (χ4v) is 0. The van der Waals surface area contributed by atoms with Crippen LogP contribution in [0.5, 0.6) is 0 Å². The molecule has 0 aliphatic rings. The van der Waals surface area contributed by atoms with Crippen LogP contribution in [0.1, 0.15) is 0 Å². The molecule has 0 N–H and O–H groups in total. The van der Waals surface area contributed by atoms with Crippen molar-refractivity contribution in [3.63, 3.8) is 0 Å². The Kier molecular flexibility index (Phi) is 9.43. The molecule has 0 amide bonds. The molecule has 0 unspecified atom stereocenters. The van der Waals surface area contributed by atoms with E-state index in [-0.39, 0.29) is 31.3 Å². The molecule has 0 aliphatic carbocycles. The summed E-state index contributed by atoms with van der Waals surface area (Å²) in [5.74, 6) is 7.00. The van der Waals surface area contributed by atoms with Gasteiger partial charge in [-0.1, -0.05) is 0 Å². The molecular weight excluding hydrogens is 189 g/mol. The quantitative estimate of drug-likeness (QED) is 0.522. The third-order valence-electron chi connectivity index (χ3n) is 0. The van der Waals surface area contributed by atoms with Gasteiger partial charge in [0.05, 0.1) is 0 Å². The first kappa shape index (κ1) is 9.39. The van der Waals surface area contributed by atoms with Gasteiger partial charge in [0, 0.05) is 0 Å². The van der Waals surface area contributed by atoms with Gasteiger partial charge in [0.2, 0.25) is 0 Å². The van der Waals surface area contributed by atoms with E-state index in [9.17, 15) is 0 Å². The van der Waals surface area contributed by atoms with Crippen molar-refractivity contribution < 1.29 is 0 Å². The van der Waals surface area contributed by atoms with Gasteiger partial charge in [-0.05, 0) is 0 Å². The van der Waals surface area contributed by atoms with E-state index in [2.05, 4.69) is 17.3 Å². The predicted molar refractivity (Wildman–Crippen MR) is 33.7 cm³/mol. The Bertz CT molecular complexity index is 11.6. The van der Waals surface area contributed by atoms with Crippen LogP contribution in [0.15, 0.2) is 0 Å². The number of halogens is 1. The van der Waals surface area contributed by atoms with Crippen LogP contribution in [-0.2, 0) is 0 Å². The van der Waals surface area contributed by atoms with Gasteiger partial charge < -0.3 is 0 Å². The summed E-state index contributed by atoms with van der Waals surface area (Å²) in [5, 5.41) is 0. The Hall–Kier alpha value is 1.02. The van der Waals surface area contributed by atoms with Gasteiger partial charge in [-0.25, -0.2) is 0 Å². The van der Waals surface area contributed by atoms with Crippen LogP contribution in [0.2, 0.25) is 17.3 Å². The monoisotopic (exact) mass is 199 g/mol. The molecule has 1 radical (unpaired) electrons. The Balaban J connectivity index is 0. The summed E-state index contributed by atoms with van der Waals surface area (Å²) in [7, 11) is 0. The zero-order valence-electron chi connectivity index (χ0n) is 3.91. The van der Waals surface area contributed by atoms with Crippen molar-refractivity contribution in [2.45, 2.75) is 17.3 Å². The number of rotatable bonds is 0. The molecule has 0 aromatic carbocycles. The van der Waals surface area contributed by atoms with Crippen molar-refractivity contribution >= 4 is 31.3 Å². The molecular formula is C3H10BrGe. The molecule has 0 aromatic heterocycles. The first-order valence-corrected chi connectivity index (χ1v) is 7.79. The van der Waals surface area contributed by atoms with Gasteiger partial charge in [0.15, 0.2) is 0 Å². The Morgan fingerprint density at radius 3 is 1.00 bits per heavy atom. The van der Waals surface area contributed by atoms with Crippen molar-refractivity contribution in [2.75, 3.05) is 0 Å². The molecule has 0 saturated heterocycles. The van der Waals surface area contributed by atoms with Crippen molar-refractivity contribution in [2.24, 2.45) is 0 Å². The molecule has 0 atom stereocenters. The van der Waals surface area contributed by atoms with Gasteiger partial charge in [0.1, 0.15) is 0 Å². The second-order valence-corrected chi connectivity index (χ2v) is 7.79. The van der Waals surface area contributed by atoms with E-state index >= 15 is 0 Å². The minimum absolute atomic E-state index is 0. The molecule has 0 saturated carbocycles. The molecule has 33 valence electrons. The average Bonchev–Trinajstić information content (AvgIpc) is 0.811. The SMILES string of the molecule is Br.[CH3][Ge]([CH3])[CH3]. The predicted octanol–water partition coefficient (Wildman–Crippen LogP) is 1.95. The molecule has 0 aliphatic heterocycles. The first-order chi connectivity index (χ1) is 1.73. The van der Waals surface area contributed by atoms with Crippen LogP contribution in [0, 0.1) is 0 Å². The van der Waals surface area contributed by atoms with Gasteiger partial charge in [0.25, 0.3) is 0 Å². The molecule has 0 rings (SSSR count). The third kappa shape index (κ3) is 43.9. The summed E-state index contributed by atoms with van der Waals surface area (Å²) < 4.78 is 0. The molecule has 0 aromatic rings. The molecule has 0 bridgehead atoms. The first-order valence-electron chi connectivity index (χ1n) is 1.50. The van der Waals surface area contributed by atoms with E-state index in [0.29, 0.717) is 0 Å². The Morgan fingerprint density at radius 1 is 1.00 bits per heavy atom. The second-order valence-electron chi connectivity index (χ2n) is 1.50. The molecule has 0 fully saturated rings. The number of hydrogen-bond acceptors (Lipinski definition) is 0. The Morgan fingerprint density at radius 2 is 1.00 bits per heavy atom. The van der Waals surface area contributed by atoms with Crippen molar-refractivity contribution in [1.29, 1.82) is 0 Å². The third-order valence-corrected chi connectivity index (χ3v) is 0. The standard InChI is InChI=1S/C3H9Ge.BrH/c1-4(2)3;/h1-3H3;1H. The summed E-state index contributed by atoms with van der Waals surface area (Å²) in [6.07, 6.45) is 0. The van der Waals surface area contributed by atoms with Crippen LogP contribution in [0.4, 0.5) is 0 Å². The fraction of sp³-hybridized carbons (Fsp3) is 1.00. The summed E-state index contributed by atoms with van der Waals surface area (Å²) in [6, 6.07) is 0. The number of hydrogen-bond donors (Lipinski definition) is 0. The van der Waals surface area contributed by atoms with Crippen LogP contribution < -0.4 is 0 Å². The molecule has 5 heavy (non-hydrogen) atoms. The van der Waals surface area contributed by atoms with Crippen LogP contribution in [0.25, 0.3) is 0 Å². The summed E-state index contributed by atoms with van der Waals surface area (Å²) in [5.41, 5.74) is 0. The van der Waals surface area contributed by atoms with Gasteiger partial charge in [-0.15, -0.1) is 17.0 Å². The average molecular weight is 199 g/mol. The zero-order chi connectivity index (χ0) is 3.58. The minimum atomic E-state index is -0.333. The van der Waals surface area contributed by atoms with E-state index in [1.165, 1.54) is 0 Å². The van der Waals surface area contributed by atoms with Gasteiger partial charge >= 0.3 is 31.6 Å². The van der Waals surface area contributed by atoms with Crippen LogP contribution in [0.3, 0.4) is 0 Å². The Labute approximate surface area is 48.8 Å². The maximum absolute atomic E-state index is 2.33. The van der Waals surface area contributed by atoms with Crippen LogP contribution >= 0.6 is 17.0 Å². The van der Waals surface area contributed by atoms with Crippen molar-refractivity contribution in [3.8, 4) is 0 Å². The normalized spacial score (nSPS) is 7.20. The van der Waals surface area contributed by atoms with E-state index < -0.39 is 0 Å². The molecule has 2 heteroatoms. The van der Waals surface area contributed by atoms with Crippen molar-refractivity contribution in [3.05, 3.63) is 0 Å². The van der Waals surface area contributed by atoms with E-state index in [4.69, 9.17) is 0 Å². The van der Waals surface area contributed by atoms with Gasteiger partial charge in [-0.2, -0.15) is 0 Å². The van der Waals surface area contributed by atoms with Gasteiger partial charge in [-0.3, -0.25) is 0 Å². The van der Waals surface area contributed by atoms with E-state index in [1.807, 2.05) is 0 Å². The summed E-state index contributed by atoms with van der Waals surface area (Å²) >= 11 is -0.333. The molecule has 0 nitrogen and oxygen atoms in total. The molecule has 0 spiro atoms.